The van der Waals surface area contributed by atoms with Gasteiger partial charge in [0.2, 0.25) is 0 Å². The topological polar surface area (TPSA) is 101 Å². The molecule has 1 saturated heterocycles. The molecule has 1 aliphatic rings. The number of nitro benzene ring substituents is 1. The third-order valence-corrected chi connectivity index (χ3v) is 6.38. The maximum atomic E-state index is 11.4. The summed E-state index contributed by atoms with van der Waals surface area (Å²) < 4.78 is 0. The average molecular weight is 445 g/mol. The molecule has 10 heteroatoms. The van der Waals surface area contributed by atoms with Gasteiger partial charge in [-0.15, -0.1) is 0 Å². The SMILES string of the molecule is CN1CCN(c2ccc(Nc3nc(N)c(-c4cccc(Cl)c4[N+](=O)[O-])s3)cc2)CC1. The smallest absolute Gasteiger partial charge is 0.296 e. The van der Waals surface area contributed by atoms with Gasteiger partial charge in [0, 0.05) is 37.6 Å². The van der Waals surface area contributed by atoms with Crippen LogP contribution >= 0.6 is 22.9 Å². The van der Waals surface area contributed by atoms with Crippen molar-refractivity contribution in [2.75, 3.05) is 49.2 Å². The van der Waals surface area contributed by atoms with Crippen LogP contribution in [-0.4, -0.2) is 48.0 Å². The summed E-state index contributed by atoms with van der Waals surface area (Å²) in [6, 6.07) is 12.9. The van der Waals surface area contributed by atoms with Crippen molar-refractivity contribution in [3.8, 4) is 10.4 Å². The number of aromatic nitrogens is 1. The lowest BCUT2D eigenvalue weighted by Gasteiger charge is -2.34. The van der Waals surface area contributed by atoms with Gasteiger partial charge in [-0.25, -0.2) is 4.98 Å². The minimum absolute atomic E-state index is 0.0688. The number of para-hydroxylation sites is 1. The number of likely N-dealkylation sites (N-methyl/N-ethyl adjacent to an activating group) is 1. The van der Waals surface area contributed by atoms with Crippen molar-refractivity contribution >= 4 is 50.9 Å². The van der Waals surface area contributed by atoms with Crippen molar-refractivity contribution in [2.45, 2.75) is 0 Å². The van der Waals surface area contributed by atoms with E-state index >= 15 is 0 Å². The predicted octanol–water partition coefficient (Wildman–Crippen LogP) is 4.45. The van der Waals surface area contributed by atoms with Crippen LogP contribution in [0.25, 0.3) is 10.4 Å². The Hall–Kier alpha value is -2.88. The van der Waals surface area contributed by atoms with Gasteiger partial charge in [0.15, 0.2) is 5.13 Å². The van der Waals surface area contributed by atoms with Crippen molar-refractivity contribution in [1.82, 2.24) is 9.88 Å². The molecule has 0 bridgehead atoms. The van der Waals surface area contributed by atoms with Crippen LogP contribution in [0.5, 0.6) is 0 Å². The van der Waals surface area contributed by atoms with E-state index < -0.39 is 4.92 Å². The van der Waals surface area contributed by atoms with Gasteiger partial charge in [0.25, 0.3) is 5.69 Å². The number of halogens is 1. The number of nitrogens with one attached hydrogen (secondary N) is 1. The Kier molecular flexibility index (Phi) is 5.76. The van der Waals surface area contributed by atoms with Crippen molar-refractivity contribution < 1.29 is 4.92 Å². The lowest BCUT2D eigenvalue weighted by atomic mass is 10.1. The van der Waals surface area contributed by atoms with Crippen LogP contribution in [0, 0.1) is 10.1 Å². The number of anilines is 4. The first-order chi connectivity index (χ1) is 14.4. The summed E-state index contributed by atoms with van der Waals surface area (Å²) >= 11 is 7.28. The Bertz CT molecular complexity index is 1060. The molecule has 156 valence electrons. The summed E-state index contributed by atoms with van der Waals surface area (Å²) in [7, 11) is 2.14. The number of nitrogen functional groups attached to an aromatic ring is 1. The van der Waals surface area contributed by atoms with E-state index in [-0.39, 0.29) is 16.5 Å². The van der Waals surface area contributed by atoms with E-state index in [1.54, 1.807) is 12.1 Å². The van der Waals surface area contributed by atoms with E-state index in [1.165, 1.54) is 23.1 Å². The highest BCUT2D eigenvalue weighted by Crippen LogP contribution is 2.43. The van der Waals surface area contributed by atoms with Crippen LogP contribution < -0.4 is 16.0 Å². The molecule has 0 unspecified atom stereocenters. The van der Waals surface area contributed by atoms with Crippen LogP contribution in [0.4, 0.5) is 28.0 Å². The first kappa shape index (κ1) is 20.4. The molecule has 3 aromatic rings. The maximum Gasteiger partial charge on any atom is 0.296 e. The summed E-state index contributed by atoms with van der Waals surface area (Å²) in [6.45, 7) is 4.12. The quantitative estimate of drug-likeness (QED) is 0.442. The highest BCUT2D eigenvalue weighted by atomic mass is 35.5. The second-order valence-electron chi connectivity index (χ2n) is 7.09. The molecule has 0 radical (unpaired) electrons. The van der Waals surface area contributed by atoms with Gasteiger partial charge in [-0.05, 0) is 43.4 Å². The van der Waals surface area contributed by atoms with E-state index in [0.29, 0.717) is 15.6 Å². The van der Waals surface area contributed by atoms with Crippen molar-refractivity contribution in [2.24, 2.45) is 0 Å². The zero-order valence-electron chi connectivity index (χ0n) is 16.3. The first-order valence-corrected chi connectivity index (χ1v) is 10.6. The largest absolute Gasteiger partial charge is 0.382 e. The summed E-state index contributed by atoms with van der Waals surface area (Å²) in [5.74, 6) is 0.224. The van der Waals surface area contributed by atoms with E-state index in [1.807, 2.05) is 12.1 Å². The Labute approximate surface area is 183 Å². The second-order valence-corrected chi connectivity index (χ2v) is 8.49. The molecule has 0 aliphatic carbocycles. The van der Waals surface area contributed by atoms with Crippen molar-refractivity contribution in [3.63, 3.8) is 0 Å². The number of benzene rings is 2. The fourth-order valence-corrected chi connectivity index (χ4v) is 4.58. The van der Waals surface area contributed by atoms with E-state index in [9.17, 15) is 10.1 Å². The molecule has 0 saturated carbocycles. The average Bonchev–Trinajstić information content (AvgIpc) is 3.08. The standard InChI is InChI=1S/C20H21ClN6O2S/c1-25-9-11-26(12-10-25)14-7-5-13(6-8-14)23-20-24-19(22)18(30-20)15-3-2-4-16(21)17(15)27(28)29/h2-8H,9-12,22H2,1H3,(H,23,24). The lowest BCUT2D eigenvalue weighted by Crippen LogP contribution is -2.44. The molecule has 1 aliphatic heterocycles. The second kappa shape index (κ2) is 8.47. The number of thiazole rings is 1. The highest BCUT2D eigenvalue weighted by molar-refractivity contribution is 7.19. The fraction of sp³-hybridized carbons (Fsp3) is 0.250. The van der Waals surface area contributed by atoms with Gasteiger partial charge in [-0.2, -0.15) is 0 Å². The molecule has 1 fully saturated rings. The molecular formula is C20H21ClN6O2S. The molecule has 0 amide bonds. The number of nitrogens with zero attached hydrogens (tertiary/aromatic N) is 4. The fourth-order valence-electron chi connectivity index (χ4n) is 3.41. The molecule has 2 aromatic carbocycles. The van der Waals surface area contributed by atoms with Crippen molar-refractivity contribution in [3.05, 3.63) is 57.6 Å². The number of nitro groups is 1. The zero-order valence-corrected chi connectivity index (χ0v) is 17.9. The van der Waals surface area contributed by atoms with Gasteiger partial charge in [0.05, 0.1) is 15.4 Å². The maximum absolute atomic E-state index is 11.4. The number of nitrogens with two attached hydrogens (primary N) is 1. The van der Waals surface area contributed by atoms with Crippen LogP contribution in [-0.2, 0) is 0 Å². The molecule has 4 rings (SSSR count). The first-order valence-electron chi connectivity index (χ1n) is 9.42. The molecule has 1 aromatic heterocycles. The highest BCUT2D eigenvalue weighted by Gasteiger charge is 2.23. The molecule has 2 heterocycles. The van der Waals surface area contributed by atoms with E-state index in [2.05, 4.69) is 39.3 Å². The number of hydrogen-bond acceptors (Lipinski definition) is 8. The summed E-state index contributed by atoms with van der Waals surface area (Å²) in [6.07, 6.45) is 0. The van der Waals surface area contributed by atoms with E-state index in [0.717, 1.165) is 31.9 Å². The number of piperazine rings is 1. The van der Waals surface area contributed by atoms with Crippen LogP contribution in [0.1, 0.15) is 0 Å². The normalized spacial score (nSPS) is 14.7. The Morgan fingerprint density at radius 1 is 1.17 bits per heavy atom. The van der Waals surface area contributed by atoms with Gasteiger partial charge in [-0.3, -0.25) is 10.1 Å². The summed E-state index contributed by atoms with van der Waals surface area (Å²) in [4.78, 5) is 20.5. The predicted molar refractivity (Wildman–Crippen MR) is 123 cm³/mol. The van der Waals surface area contributed by atoms with Crippen LogP contribution in [0.15, 0.2) is 42.5 Å². The summed E-state index contributed by atoms with van der Waals surface area (Å²) in [5, 5.41) is 15.3. The summed E-state index contributed by atoms with van der Waals surface area (Å²) in [5.41, 5.74) is 8.31. The number of rotatable bonds is 5. The molecule has 0 atom stereocenters. The molecule has 8 nitrogen and oxygen atoms in total. The molecule has 3 N–H and O–H groups in total. The minimum atomic E-state index is -0.499. The zero-order chi connectivity index (χ0) is 21.3. The molecule has 0 spiro atoms. The number of hydrogen-bond donors (Lipinski definition) is 2. The molecule has 30 heavy (non-hydrogen) atoms. The van der Waals surface area contributed by atoms with Gasteiger partial charge >= 0.3 is 0 Å². The minimum Gasteiger partial charge on any atom is -0.382 e. The van der Waals surface area contributed by atoms with Gasteiger partial charge < -0.3 is 20.9 Å². The third-order valence-electron chi connectivity index (χ3n) is 5.05. The van der Waals surface area contributed by atoms with Gasteiger partial charge in [-0.1, -0.05) is 29.0 Å². The van der Waals surface area contributed by atoms with Crippen LogP contribution in [0.3, 0.4) is 0 Å². The Balaban J connectivity index is 1.53. The van der Waals surface area contributed by atoms with Gasteiger partial charge in [0.1, 0.15) is 10.8 Å². The Morgan fingerprint density at radius 2 is 1.87 bits per heavy atom. The monoisotopic (exact) mass is 444 g/mol. The van der Waals surface area contributed by atoms with Crippen molar-refractivity contribution in [1.29, 1.82) is 0 Å². The molecular weight excluding hydrogens is 424 g/mol. The Morgan fingerprint density at radius 3 is 2.53 bits per heavy atom. The van der Waals surface area contributed by atoms with Crippen LogP contribution in [0.2, 0.25) is 5.02 Å². The van der Waals surface area contributed by atoms with E-state index in [4.69, 9.17) is 17.3 Å². The lowest BCUT2D eigenvalue weighted by molar-refractivity contribution is -0.384. The third kappa shape index (κ3) is 4.18.